The normalized spacial score (nSPS) is 9.87. The molecule has 118 valence electrons. The molecule has 3 aromatic heterocycles. The number of rotatable bonds is 3. The van der Waals surface area contributed by atoms with Crippen LogP contribution in [-0.4, -0.2) is 24.9 Å². The highest BCUT2D eigenvalue weighted by molar-refractivity contribution is 6.32. The van der Waals surface area contributed by atoms with Crippen molar-refractivity contribution in [3.05, 3.63) is 76.0 Å². The first kappa shape index (κ1) is 17.5. The summed E-state index contributed by atoms with van der Waals surface area (Å²) in [5.41, 5.74) is 2.10. The highest BCUT2D eigenvalue weighted by Crippen LogP contribution is 2.07. The lowest BCUT2D eigenvalue weighted by atomic mass is 10.1. The summed E-state index contributed by atoms with van der Waals surface area (Å²) in [5.74, 6) is 0. The Kier molecular flexibility index (Phi) is 7.13. The van der Waals surface area contributed by atoms with Gasteiger partial charge in [-0.25, -0.2) is 9.97 Å². The number of aryl methyl sites for hydroxylation is 2. The van der Waals surface area contributed by atoms with Crippen molar-refractivity contribution in [2.45, 2.75) is 12.8 Å². The quantitative estimate of drug-likeness (QED) is 0.696. The van der Waals surface area contributed by atoms with Crippen molar-refractivity contribution in [1.82, 2.24) is 24.9 Å². The molecule has 3 heterocycles. The zero-order valence-corrected chi connectivity index (χ0v) is 14.2. The Hall–Kier alpha value is -1.82. The largest absolute Gasteiger partial charge is 0.264 e. The number of nitrogens with zero attached hydrogens (tertiary/aromatic N) is 5. The van der Waals surface area contributed by atoms with Gasteiger partial charge in [-0.1, -0.05) is 40.9 Å². The molecule has 0 saturated heterocycles. The van der Waals surface area contributed by atoms with Gasteiger partial charge in [-0.15, -0.1) is 0 Å². The summed E-state index contributed by atoms with van der Waals surface area (Å²) in [6.45, 7) is 0. The molecule has 5 nitrogen and oxygen atoms in total. The average molecular weight is 369 g/mol. The third kappa shape index (κ3) is 6.86. The van der Waals surface area contributed by atoms with Crippen molar-refractivity contribution in [3.63, 3.8) is 0 Å². The molecule has 0 N–H and O–H groups in total. The molecule has 0 bridgehead atoms. The van der Waals surface area contributed by atoms with Gasteiger partial charge in [-0.05, 0) is 24.5 Å². The molecule has 8 heteroatoms. The van der Waals surface area contributed by atoms with Crippen LogP contribution in [0, 0.1) is 0 Å². The van der Waals surface area contributed by atoms with E-state index in [1.165, 1.54) is 24.2 Å². The van der Waals surface area contributed by atoms with E-state index in [0.29, 0.717) is 15.5 Å². The zero-order chi connectivity index (χ0) is 16.5. The fourth-order valence-corrected chi connectivity index (χ4v) is 2.14. The van der Waals surface area contributed by atoms with Crippen molar-refractivity contribution in [3.8, 4) is 0 Å². The molecule has 0 fully saturated rings. The number of hydrogen-bond acceptors (Lipinski definition) is 5. The molecule has 3 aromatic rings. The highest BCUT2D eigenvalue weighted by atomic mass is 35.5. The molecule has 0 aliphatic rings. The monoisotopic (exact) mass is 367 g/mol. The van der Waals surface area contributed by atoms with Crippen LogP contribution in [0.1, 0.15) is 11.3 Å². The van der Waals surface area contributed by atoms with Crippen molar-refractivity contribution in [1.29, 1.82) is 0 Å². The first-order valence-electron chi connectivity index (χ1n) is 6.62. The van der Waals surface area contributed by atoms with Crippen molar-refractivity contribution < 1.29 is 0 Å². The molecule has 23 heavy (non-hydrogen) atoms. The van der Waals surface area contributed by atoms with Crippen LogP contribution >= 0.6 is 34.8 Å². The maximum absolute atomic E-state index is 5.74. The summed E-state index contributed by atoms with van der Waals surface area (Å²) in [5, 5.41) is 1.08. The van der Waals surface area contributed by atoms with E-state index in [9.17, 15) is 0 Å². The minimum Gasteiger partial charge on any atom is -0.264 e. The molecule has 0 aliphatic heterocycles. The Bertz CT molecular complexity index is 723. The Balaban J connectivity index is 0.000000203. The predicted molar refractivity (Wildman–Crippen MR) is 90.7 cm³/mol. The Morgan fingerprint density at radius 3 is 1.87 bits per heavy atom. The van der Waals surface area contributed by atoms with Gasteiger partial charge in [0.25, 0.3) is 0 Å². The first-order chi connectivity index (χ1) is 11.1. The first-order valence-corrected chi connectivity index (χ1v) is 7.75. The second-order valence-electron chi connectivity index (χ2n) is 4.36. The Labute approximate surface area is 148 Å². The minimum absolute atomic E-state index is 0.317. The fourth-order valence-electron chi connectivity index (χ4n) is 1.64. The predicted octanol–water partition coefficient (Wildman–Crippen LogP) is 4.09. The van der Waals surface area contributed by atoms with E-state index in [-0.39, 0.29) is 0 Å². The van der Waals surface area contributed by atoms with Gasteiger partial charge in [0, 0.05) is 18.6 Å². The molecular weight excluding hydrogens is 357 g/mol. The number of halogens is 3. The van der Waals surface area contributed by atoms with Gasteiger partial charge in [0.05, 0.1) is 24.3 Å². The van der Waals surface area contributed by atoms with E-state index in [0.717, 1.165) is 18.5 Å². The zero-order valence-electron chi connectivity index (χ0n) is 11.9. The van der Waals surface area contributed by atoms with E-state index in [1.54, 1.807) is 12.4 Å². The van der Waals surface area contributed by atoms with Crippen LogP contribution in [0.5, 0.6) is 0 Å². The standard InChI is InChI=1S/C11H10ClN3.C4H2Cl2N2/c12-11-8-14-7-10(15-11)4-3-9-2-1-5-13-6-9;5-3-1-7-2-4(6)8-3/h1-2,5-8H,3-4H2;1-2H. The van der Waals surface area contributed by atoms with E-state index in [1.807, 2.05) is 18.3 Å². The topological polar surface area (TPSA) is 64.5 Å². The summed E-state index contributed by atoms with van der Waals surface area (Å²) >= 11 is 16.5. The molecule has 0 aromatic carbocycles. The smallest absolute Gasteiger partial charge is 0.149 e. The highest BCUT2D eigenvalue weighted by Gasteiger charge is 1.98. The van der Waals surface area contributed by atoms with E-state index in [4.69, 9.17) is 34.8 Å². The molecule has 0 amide bonds. The van der Waals surface area contributed by atoms with Crippen LogP contribution in [-0.2, 0) is 12.8 Å². The SMILES string of the molecule is Clc1cncc(CCc2cccnc2)n1.Clc1cncc(Cl)n1. The van der Waals surface area contributed by atoms with Crippen molar-refractivity contribution in [2.24, 2.45) is 0 Å². The molecule has 0 atom stereocenters. The third-order valence-electron chi connectivity index (χ3n) is 2.62. The molecule has 3 rings (SSSR count). The van der Waals surface area contributed by atoms with Gasteiger partial charge >= 0.3 is 0 Å². The van der Waals surface area contributed by atoms with Gasteiger partial charge in [0.2, 0.25) is 0 Å². The molecule has 0 saturated carbocycles. The van der Waals surface area contributed by atoms with E-state index < -0.39 is 0 Å². The van der Waals surface area contributed by atoms with Crippen molar-refractivity contribution >= 4 is 34.8 Å². The lowest BCUT2D eigenvalue weighted by molar-refractivity contribution is 0.893. The number of aromatic nitrogens is 5. The molecule has 0 spiro atoms. The summed E-state index contributed by atoms with van der Waals surface area (Å²) in [7, 11) is 0. The van der Waals surface area contributed by atoms with E-state index >= 15 is 0 Å². The van der Waals surface area contributed by atoms with Gasteiger partial charge < -0.3 is 0 Å². The summed E-state index contributed by atoms with van der Waals surface area (Å²) in [6.07, 6.45) is 11.5. The van der Waals surface area contributed by atoms with Crippen molar-refractivity contribution in [2.75, 3.05) is 0 Å². The Morgan fingerprint density at radius 1 is 0.696 bits per heavy atom. The summed E-state index contributed by atoms with van der Waals surface area (Å²) < 4.78 is 0. The van der Waals surface area contributed by atoms with Crippen LogP contribution in [0.25, 0.3) is 0 Å². The second-order valence-corrected chi connectivity index (χ2v) is 5.52. The summed E-state index contributed by atoms with van der Waals surface area (Å²) in [4.78, 5) is 19.5. The average Bonchev–Trinajstić information content (AvgIpc) is 2.54. The lowest BCUT2D eigenvalue weighted by Crippen LogP contribution is -1.95. The maximum atomic E-state index is 5.74. The minimum atomic E-state index is 0.317. The molecule has 0 unspecified atom stereocenters. The lowest BCUT2D eigenvalue weighted by Gasteiger charge is -2.00. The van der Waals surface area contributed by atoms with Crippen LogP contribution < -0.4 is 0 Å². The van der Waals surface area contributed by atoms with Crippen LogP contribution in [0.4, 0.5) is 0 Å². The third-order valence-corrected chi connectivity index (χ3v) is 3.17. The van der Waals surface area contributed by atoms with Gasteiger partial charge in [0.1, 0.15) is 15.5 Å². The number of pyridine rings is 1. The van der Waals surface area contributed by atoms with Gasteiger partial charge in [-0.2, -0.15) is 0 Å². The maximum Gasteiger partial charge on any atom is 0.149 e. The Morgan fingerprint density at radius 2 is 1.35 bits per heavy atom. The fraction of sp³-hybridized carbons (Fsp3) is 0.133. The molecule has 0 aliphatic carbocycles. The summed E-state index contributed by atoms with van der Waals surface area (Å²) in [6, 6.07) is 3.98. The second kappa shape index (κ2) is 9.35. The van der Waals surface area contributed by atoms with Gasteiger partial charge in [0.15, 0.2) is 0 Å². The van der Waals surface area contributed by atoms with Crippen LogP contribution in [0.3, 0.4) is 0 Å². The molecule has 0 radical (unpaired) electrons. The van der Waals surface area contributed by atoms with Gasteiger partial charge in [-0.3, -0.25) is 15.0 Å². The number of hydrogen-bond donors (Lipinski definition) is 0. The van der Waals surface area contributed by atoms with Crippen LogP contribution in [0.2, 0.25) is 15.5 Å². The van der Waals surface area contributed by atoms with Crippen LogP contribution in [0.15, 0.2) is 49.3 Å². The molecular formula is C15H12Cl3N5. The van der Waals surface area contributed by atoms with E-state index in [2.05, 4.69) is 24.9 Å².